The molecule has 100 valence electrons. The van der Waals surface area contributed by atoms with Gasteiger partial charge < -0.3 is 15.4 Å². The summed E-state index contributed by atoms with van der Waals surface area (Å²) in [5, 5.41) is 0. The van der Waals surface area contributed by atoms with Gasteiger partial charge in [0.05, 0.1) is 6.61 Å². The minimum absolute atomic E-state index is 0.185. The summed E-state index contributed by atoms with van der Waals surface area (Å²) in [6, 6.07) is 5.59. The molecule has 1 fully saturated rings. The Kier molecular flexibility index (Phi) is 4.07. The fourth-order valence-electron chi connectivity index (χ4n) is 2.62. The van der Waals surface area contributed by atoms with Crippen molar-refractivity contribution in [2.24, 2.45) is 5.73 Å². The van der Waals surface area contributed by atoms with E-state index in [0.29, 0.717) is 18.4 Å². The van der Waals surface area contributed by atoms with Gasteiger partial charge in [-0.05, 0) is 38.3 Å². The maximum Gasteiger partial charge on any atom is 0.167 e. The number of benzene rings is 1. The topological polar surface area (TPSA) is 38.5 Å². The van der Waals surface area contributed by atoms with E-state index >= 15 is 0 Å². The third kappa shape index (κ3) is 2.58. The average Bonchev–Trinajstić information content (AvgIpc) is 2.77. The number of likely N-dealkylation sites (N-methyl/N-ethyl adjacent to an activating group) is 1. The van der Waals surface area contributed by atoms with Crippen molar-refractivity contribution in [2.75, 3.05) is 18.6 Å². The van der Waals surface area contributed by atoms with Gasteiger partial charge in [-0.3, -0.25) is 0 Å². The SMILES string of the molecule is CCOc1ccc(N(C)C2CCCC2N)cc1F. The number of hydrogen-bond donors (Lipinski definition) is 1. The van der Waals surface area contributed by atoms with Gasteiger partial charge in [0.15, 0.2) is 11.6 Å². The molecule has 1 aliphatic rings. The summed E-state index contributed by atoms with van der Waals surface area (Å²) in [6.45, 7) is 2.32. The molecule has 1 aliphatic carbocycles. The molecule has 0 saturated heterocycles. The van der Waals surface area contributed by atoms with E-state index in [9.17, 15) is 4.39 Å². The van der Waals surface area contributed by atoms with Gasteiger partial charge in [0.1, 0.15) is 0 Å². The summed E-state index contributed by atoms with van der Waals surface area (Å²) in [5.41, 5.74) is 6.93. The van der Waals surface area contributed by atoms with Crippen LogP contribution < -0.4 is 15.4 Å². The zero-order valence-corrected chi connectivity index (χ0v) is 11.0. The highest BCUT2D eigenvalue weighted by Crippen LogP contribution is 2.29. The van der Waals surface area contributed by atoms with E-state index in [4.69, 9.17) is 10.5 Å². The van der Waals surface area contributed by atoms with Crippen LogP contribution in [0, 0.1) is 5.82 Å². The van der Waals surface area contributed by atoms with Gasteiger partial charge in [-0.25, -0.2) is 4.39 Å². The fourth-order valence-corrected chi connectivity index (χ4v) is 2.62. The first-order valence-electron chi connectivity index (χ1n) is 6.54. The van der Waals surface area contributed by atoms with Crippen LogP contribution in [0.5, 0.6) is 5.75 Å². The van der Waals surface area contributed by atoms with Crippen molar-refractivity contribution in [3.63, 3.8) is 0 Å². The van der Waals surface area contributed by atoms with E-state index in [-0.39, 0.29) is 11.9 Å². The van der Waals surface area contributed by atoms with Gasteiger partial charge in [0.2, 0.25) is 0 Å². The summed E-state index contributed by atoms with van der Waals surface area (Å²) < 4.78 is 19.0. The largest absolute Gasteiger partial charge is 0.491 e. The molecule has 1 aromatic rings. The monoisotopic (exact) mass is 252 g/mol. The third-order valence-electron chi connectivity index (χ3n) is 3.65. The normalized spacial score (nSPS) is 23.1. The molecule has 3 nitrogen and oxygen atoms in total. The van der Waals surface area contributed by atoms with E-state index < -0.39 is 0 Å². The maximum absolute atomic E-state index is 13.8. The summed E-state index contributed by atoms with van der Waals surface area (Å²) in [7, 11) is 1.98. The molecule has 0 bridgehead atoms. The summed E-state index contributed by atoms with van der Waals surface area (Å²) in [4.78, 5) is 2.08. The van der Waals surface area contributed by atoms with Crippen molar-refractivity contribution in [1.29, 1.82) is 0 Å². The lowest BCUT2D eigenvalue weighted by Crippen LogP contribution is -2.42. The minimum Gasteiger partial charge on any atom is -0.491 e. The highest BCUT2D eigenvalue weighted by atomic mass is 19.1. The Morgan fingerprint density at radius 3 is 2.78 bits per heavy atom. The molecule has 0 aliphatic heterocycles. The molecule has 0 heterocycles. The highest BCUT2D eigenvalue weighted by molar-refractivity contribution is 5.50. The second-order valence-electron chi connectivity index (χ2n) is 4.82. The van der Waals surface area contributed by atoms with E-state index in [1.807, 2.05) is 20.0 Å². The molecule has 2 atom stereocenters. The summed E-state index contributed by atoms with van der Waals surface area (Å²) >= 11 is 0. The van der Waals surface area contributed by atoms with Crippen LogP contribution in [-0.2, 0) is 0 Å². The Morgan fingerprint density at radius 2 is 2.22 bits per heavy atom. The third-order valence-corrected chi connectivity index (χ3v) is 3.65. The number of hydrogen-bond acceptors (Lipinski definition) is 3. The van der Waals surface area contributed by atoms with Crippen LogP contribution in [0.1, 0.15) is 26.2 Å². The fraction of sp³-hybridized carbons (Fsp3) is 0.571. The lowest BCUT2D eigenvalue weighted by Gasteiger charge is -2.30. The van der Waals surface area contributed by atoms with Gasteiger partial charge in [-0.2, -0.15) is 0 Å². The van der Waals surface area contributed by atoms with Crippen LogP contribution in [-0.4, -0.2) is 25.7 Å². The zero-order chi connectivity index (χ0) is 13.1. The van der Waals surface area contributed by atoms with Crippen LogP contribution in [0.15, 0.2) is 18.2 Å². The molecule has 4 heteroatoms. The van der Waals surface area contributed by atoms with E-state index in [0.717, 1.165) is 24.9 Å². The molecule has 1 saturated carbocycles. The molecule has 1 aromatic carbocycles. The molecular formula is C14H21FN2O. The molecule has 0 radical (unpaired) electrons. The van der Waals surface area contributed by atoms with Gasteiger partial charge in [0, 0.05) is 30.9 Å². The highest BCUT2D eigenvalue weighted by Gasteiger charge is 2.27. The minimum atomic E-state index is -0.312. The first-order chi connectivity index (χ1) is 8.63. The molecule has 2 N–H and O–H groups in total. The van der Waals surface area contributed by atoms with Crippen molar-refractivity contribution in [1.82, 2.24) is 0 Å². The van der Waals surface area contributed by atoms with Gasteiger partial charge in [0.25, 0.3) is 0 Å². The van der Waals surface area contributed by atoms with Crippen molar-refractivity contribution < 1.29 is 9.13 Å². The predicted octanol–water partition coefficient (Wildman–Crippen LogP) is 2.54. The Hall–Kier alpha value is -1.29. The lowest BCUT2D eigenvalue weighted by molar-refractivity contribution is 0.321. The van der Waals surface area contributed by atoms with Gasteiger partial charge in [-0.1, -0.05) is 0 Å². The number of halogens is 1. The van der Waals surface area contributed by atoms with Gasteiger partial charge >= 0.3 is 0 Å². The quantitative estimate of drug-likeness (QED) is 0.895. The first-order valence-corrected chi connectivity index (χ1v) is 6.54. The summed E-state index contributed by atoms with van der Waals surface area (Å²) in [5.74, 6) is -0.00172. The zero-order valence-electron chi connectivity index (χ0n) is 11.0. The molecule has 2 unspecified atom stereocenters. The number of rotatable bonds is 4. The molecule has 0 spiro atoms. The van der Waals surface area contributed by atoms with E-state index in [2.05, 4.69) is 4.90 Å². The standard InChI is InChI=1S/C14H21FN2O/c1-3-18-14-8-7-10(9-11(14)15)17(2)13-6-4-5-12(13)16/h7-9,12-13H,3-6,16H2,1-2H3. The van der Waals surface area contributed by atoms with Crippen LogP contribution in [0.25, 0.3) is 0 Å². The molecule has 2 rings (SSSR count). The van der Waals surface area contributed by atoms with Crippen molar-refractivity contribution >= 4 is 5.69 Å². The Labute approximate surface area is 108 Å². The van der Waals surface area contributed by atoms with E-state index in [1.54, 1.807) is 6.07 Å². The number of nitrogens with zero attached hydrogens (tertiary/aromatic N) is 1. The number of nitrogens with two attached hydrogens (primary N) is 1. The second-order valence-corrected chi connectivity index (χ2v) is 4.82. The number of ether oxygens (including phenoxy) is 1. The van der Waals surface area contributed by atoms with Crippen molar-refractivity contribution in [2.45, 2.75) is 38.3 Å². The van der Waals surface area contributed by atoms with Crippen LogP contribution >= 0.6 is 0 Å². The average molecular weight is 252 g/mol. The lowest BCUT2D eigenvalue weighted by atomic mass is 10.1. The molecule has 0 amide bonds. The van der Waals surface area contributed by atoms with Crippen molar-refractivity contribution in [3.05, 3.63) is 24.0 Å². The van der Waals surface area contributed by atoms with Crippen LogP contribution in [0.4, 0.5) is 10.1 Å². The van der Waals surface area contributed by atoms with E-state index in [1.165, 1.54) is 6.07 Å². The van der Waals surface area contributed by atoms with Crippen molar-refractivity contribution in [3.8, 4) is 5.75 Å². The summed E-state index contributed by atoms with van der Waals surface area (Å²) in [6.07, 6.45) is 3.27. The smallest absolute Gasteiger partial charge is 0.167 e. The second kappa shape index (κ2) is 5.57. The predicted molar refractivity (Wildman–Crippen MR) is 71.6 cm³/mol. The Bertz CT molecular complexity index is 411. The van der Waals surface area contributed by atoms with Crippen LogP contribution in [0.3, 0.4) is 0 Å². The Balaban J connectivity index is 2.15. The molecule has 18 heavy (non-hydrogen) atoms. The molecule has 0 aromatic heterocycles. The first kappa shape index (κ1) is 13.1. The van der Waals surface area contributed by atoms with Gasteiger partial charge in [-0.15, -0.1) is 0 Å². The maximum atomic E-state index is 13.8. The number of anilines is 1. The molecular weight excluding hydrogens is 231 g/mol. The van der Waals surface area contributed by atoms with Crippen LogP contribution in [0.2, 0.25) is 0 Å². The Morgan fingerprint density at radius 1 is 1.44 bits per heavy atom.